The first kappa shape index (κ1) is 21.9. The number of hydrogen-bond acceptors (Lipinski definition) is 7. The number of thioether (sulfide) groups is 1. The number of aromatic nitrogens is 2. The Morgan fingerprint density at radius 2 is 1.81 bits per heavy atom. The fourth-order valence-corrected chi connectivity index (χ4v) is 4.53. The van der Waals surface area contributed by atoms with Gasteiger partial charge in [-0.1, -0.05) is 42.5 Å². The molecule has 1 saturated heterocycles. The van der Waals surface area contributed by atoms with Crippen LogP contribution in [0.4, 0.5) is 11.4 Å². The molecule has 1 fully saturated rings. The molecule has 0 bridgehead atoms. The zero-order valence-electron chi connectivity index (χ0n) is 17.7. The number of aryl methyl sites for hydroxylation is 1. The van der Waals surface area contributed by atoms with Crippen LogP contribution in [0.25, 0.3) is 22.6 Å². The van der Waals surface area contributed by atoms with E-state index in [9.17, 15) is 14.9 Å². The van der Waals surface area contributed by atoms with Crippen molar-refractivity contribution in [3.05, 3.63) is 70.4 Å². The van der Waals surface area contributed by atoms with Gasteiger partial charge in [0.2, 0.25) is 5.91 Å². The third-order valence-corrected chi connectivity index (χ3v) is 6.13. The fraction of sp³-hybridized carbons (Fsp3) is 0.261. The number of rotatable bonds is 6. The van der Waals surface area contributed by atoms with E-state index in [1.807, 2.05) is 49.0 Å². The smallest absolute Gasteiger partial charge is 0.270 e. The summed E-state index contributed by atoms with van der Waals surface area (Å²) in [4.78, 5) is 35.1. The van der Waals surface area contributed by atoms with E-state index in [-0.39, 0.29) is 18.1 Å². The van der Waals surface area contributed by atoms with E-state index < -0.39 is 4.92 Å². The molecule has 0 unspecified atom stereocenters. The van der Waals surface area contributed by atoms with Gasteiger partial charge in [-0.15, -0.1) is 0 Å². The van der Waals surface area contributed by atoms with Crippen molar-refractivity contribution in [3.63, 3.8) is 0 Å². The average molecular weight is 450 g/mol. The Bertz CT molecular complexity index is 1130. The number of anilines is 1. The molecular formula is C23H23N5O3S. The lowest BCUT2D eigenvalue weighted by molar-refractivity contribution is -0.384. The SMILES string of the molecule is Cc1nc(-c2ccccc2)nc(-c2cccc([N+](=O)[O-])c2)c1NC(=O)CN1CCSCC1. The van der Waals surface area contributed by atoms with E-state index >= 15 is 0 Å². The molecule has 1 aliphatic heterocycles. The lowest BCUT2D eigenvalue weighted by Gasteiger charge is -2.25. The second kappa shape index (κ2) is 9.88. The number of carbonyl (C=O) groups is 1. The molecule has 0 aliphatic carbocycles. The molecule has 3 aromatic rings. The molecule has 1 aromatic heterocycles. The molecule has 0 saturated carbocycles. The highest BCUT2D eigenvalue weighted by Gasteiger charge is 2.20. The zero-order valence-corrected chi connectivity index (χ0v) is 18.5. The van der Waals surface area contributed by atoms with Crippen LogP contribution in [0.1, 0.15) is 5.69 Å². The minimum Gasteiger partial charge on any atom is -0.322 e. The Hall–Kier alpha value is -3.30. The number of carbonyl (C=O) groups excluding carboxylic acids is 1. The predicted molar refractivity (Wildman–Crippen MR) is 127 cm³/mol. The van der Waals surface area contributed by atoms with Crippen LogP contribution < -0.4 is 5.32 Å². The first-order valence-electron chi connectivity index (χ1n) is 10.3. The van der Waals surface area contributed by atoms with Gasteiger partial charge in [0.1, 0.15) is 0 Å². The van der Waals surface area contributed by atoms with Crippen molar-refractivity contribution in [2.75, 3.05) is 36.5 Å². The number of non-ortho nitro benzene ring substituents is 1. The van der Waals surface area contributed by atoms with Crippen LogP contribution in [0.15, 0.2) is 54.6 Å². The number of benzene rings is 2. The number of amides is 1. The quantitative estimate of drug-likeness (QED) is 0.448. The molecule has 164 valence electrons. The van der Waals surface area contributed by atoms with Gasteiger partial charge in [-0.3, -0.25) is 19.8 Å². The molecule has 0 radical (unpaired) electrons. The summed E-state index contributed by atoms with van der Waals surface area (Å²) in [5, 5.41) is 14.3. The molecule has 2 aromatic carbocycles. The van der Waals surface area contributed by atoms with Gasteiger partial charge in [-0.25, -0.2) is 9.97 Å². The minimum absolute atomic E-state index is 0.0388. The summed E-state index contributed by atoms with van der Waals surface area (Å²) in [6.07, 6.45) is 0. The molecule has 1 amide bonds. The molecule has 0 atom stereocenters. The standard InChI is InChI=1S/C23H23N5O3S/c1-16-21(25-20(29)15-27-10-12-32-13-11-27)22(18-8-5-9-19(14-18)28(30)31)26-23(24-16)17-6-3-2-4-7-17/h2-9,14H,10-13,15H2,1H3,(H,25,29). The first-order valence-corrected chi connectivity index (χ1v) is 11.5. The largest absolute Gasteiger partial charge is 0.322 e. The second-order valence-electron chi connectivity index (χ2n) is 7.47. The van der Waals surface area contributed by atoms with Crippen LogP contribution in [0.5, 0.6) is 0 Å². The maximum atomic E-state index is 12.8. The van der Waals surface area contributed by atoms with Crippen molar-refractivity contribution in [2.24, 2.45) is 0 Å². The van der Waals surface area contributed by atoms with Crippen LogP contribution in [0.3, 0.4) is 0 Å². The number of nitrogens with one attached hydrogen (secondary N) is 1. The van der Waals surface area contributed by atoms with Gasteiger partial charge in [-0.2, -0.15) is 11.8 Å². The third-order valence-electron chi connectivity index (χ3n) is 5.19. The van der Waals surface area contributed by atoms with Gasteiger partial charge in [0.25, 0.3) is 5.69 Å². The topological polar surface area (TPSA) is 101 Å². The minimum atomic E-state index is -0.442. The van der Waals surface area contributed by atoms with Gasteiger partial charge in [0.15, 0.2) is 5.82 Å². The molecular weight excluding hydrogens is 426 g/mol. The van der Waals surface area contributed by atoms with Gasteiger partial charge in [-0.05, 0) is 6.92 Å². The van der Waals surface area contributed by atoms with Crippen molar-refractivity contribution >= 4 is 29.0 Å². The Morgan fingerprint density at radius 1 is 1.09 bits per heavy atom. The highest BCUT2D eigenvalue weighted by molar-refractivity contribution is 7.99. The molecule has 1 aliphatic rings. The van der Waals surface area contributed by atoms with Crippen molar-refractivity contribution in [2.45, 2.75) is 6.92 Å². The summed E-state index contributed by atoms with van der Waals surface area (Å²) in [7, 11) is 0. The summed E-state index contributed by atoms with van der Waals surface area (Å²) >= 11 is 1.89. The highest BCUT2D eigenvalue weighted by Crippen LogP contribution is 2.32. The van der Waals surface area contributed by atoms with Crippen LogP contribution in [0, 0.1) is 17.0 Å². The van der Waals surface area contributed by atoms with E-state index in [1.54, 1.807) is 12.1 Å². The first-order chi connectivity index (χ1) is 15.5. The lowest BCUT2D eigenvalue weighted by Crippen LogP contribution is -2.39. The molecule has 8 nitrogen and oxygen atoms in total. The number of nitro groups is 1. The van der Waals surface area contributed by atoms with Crippen LogP contribution in [-0.4, -0.2) is 56.8 Å². The van der Waals surface area contributed by atoms with Crippen LogP contribution >= 0.6 is 11.8 Å². The normalized spacial score (nSPS) is 14.2. The number of nitro benzene ring substituents is 1. The average Bonchev–Trinajstić information content (AvgIpc) is 2.81. The summed E-state index contributed by atoms with van der Waals surface area (Å²) in [5.74, 6) is 2.37. The molecule has 9 heteroatoms. The zero-order chi connectivity index (χ0) is 22.5. The van der Waals surface area contributed by atoms with Crippen molar-refractivity contribution in [1.82, 2.24) is 14.9 Å². The van der Waals surface area contributed by atoms with Crippen LogP contribution in [-0.2, 0) is 4.79 Å². The van der Waals surface area contributed by atoms with Gasteiger partial charge >= 0.3 is 0 Å². The number of hydrogen-bond donors (Lipinski definition) is 1. The maximum absolute atomic E-state index is 12.8. The molecule has 1 N–H and O–H groups in total. The molecule has 0 spiro atoms. The summed E-state index contributed by atoms with van der Waals surface area (Å²) in [5.41, 5.74) is 2.87. The van der Waals surface area contributed by atoms with Gasteiger partial charge in [0, 0.05) is 47.9 Å². The Kier molecular flexibility index (Phi) is 6.77. The van der Waals surface area contributed by atoms with E-state index in [0.29, 0.717) is 28.5 Å². The Balaban J connectivity index is 1.73. The lowest BCUT2D eigenvalue weighted by atomic mass is 10.1. The van der Waals surface area contributed by atoms with E-state index in [2.05, 4.69) is 15.2 Å². The third kappa shape index (κ3) is 5.12. The van der Waals surface area contributed by atoms with E-state index in [1.165, 1.54) is 12.1 Å². The number of nitrogens with zero attached hydrogens (tertiary/aromatic N) is 4. The Labute approximate surface area is 190 Å². The predicted octanol–water partition coefficient (Wildman–Crippen LogP) is 4.01. The van der Waals surface area contributed by atoms with Crippen molar-refractivity contribution < 1.29 is 9.72 Å². The summed E-state index contributed by atoms with van der Waals surface area (Å²) in [6, 6.07) is 15.8. The van der Waals surface area contributed by atoms with Crippen LogP contribution in [0.2, 0.25) is 0 Å². The highest BCUT2D eigenvalue weighted by atomic mass is 32.2. The monoisotopic (exact) mass is 449 g/mol. The molecule has 4 rings (SSSR count). The van der Waals surface area contributed by atoms with E-state index in [0.717, 1.165) is 30.2 Å². The Morgan fingerprint density at radius 3 is 2.53 bits per heavy atom. The van der Waals surface area contributed by atoms with E-state index in [4.69, 9.17) is 4.98 Å². The van der Waals surface area contributed by atoms with Crippen molar-refractivity contribution in [3.8, 4) is 22.6 Å². The van der Waals surface area contributed by atoms with Gasteiger partial charge in [0.05, 0.1) is 28.5 Å². The van der Waals surface area contributed by atoms with Crippen molar-refractivity contribution in [1.29, 1.82) is 0 Å². The summed E-state index contributed by atoms with van der Waals surface area (Å²) < 4.78 is 0. The molecule has 2 heterocycles. The van der Waals surface area contributed by atoms with Gasteiger partial charge < -0.3 is 5.32 Å². The summed E-state index contributed by atoms with van der Waals surface area (Å²) in [6.45, 7) is 3.84. The second-order valence-corrected chi connectivity index (χ2v) is 8.69. The molecule has 32 heavy (non-hydrogen) atoms. The fourth-order valence-electron chi connectivity index (χ4n) is 3.56. The maximum Gasteiger partial charge on any atom is 0.270 e.